The van der Waals surface area contributed by atoms with Gasteiger partial charge in [0.15, 0.2) is 0 Å². The van der Waals surface area contributed by atoms with Gasteiger partial charge in [-0.15, -0.1) is 0 Å². The van der Waals surface area contributed by atoms with Gasteiger partial charge in [-0.25, -0.2) is 4.79 Å². The minimum Gasteiger partial charge on any atom is -0.462 e. The van der Waals surface area contributed by atoms with Crippen molar-refractivity contribution in [1.29, 1.82) is 0 Å². The number of benzene rings is 2. The number of halogens is 1. The number of piperazine rings is 1. The number of amides is 1. The van der Waals surface area contributed by atoms with Crippen LogP contribution in [-0.4, -0.2) is 54.5 Å². The van der Waals surface area contributed by atoms with Crippen molar-refractivity contribution in [2.75, 3.05) is 37.7 Å². The lowest BCUT2D eigenvalue weighted by Gasteiger charge is -2.36. The zero-order valence-electron chi connectivity index (χ0n) is 15.8. The standard InChI is InChI=1S/C20H20ClN3O5/c1-2-29-20(26)15-11-14(12-18(13-15)24(27)28)19(25)23-9-7-22(8-10-23)17-5-3-16(21)4-6-17/h3-6,11-13H,2,7-10H2,1H3. The van der Waals surface area contributed by atoms with Crippen molar-refractivity contribution in [1.82, 2.24) is 4.90 Å². The third kappa shape index (κ3) is 4.83. The molecule has 3 rings (SSSR count). The molecule has 0 N–H and O–H groups in total. The van der Waals surface area contributed by atoms with Gasteiger partial charge >= 0.3 is 5.97 Å². The van der Waals surface area contributed by atoms with Crippen LogP contribution in [0.25, 0.3) is 0 Å². The zero-order valence-corrected chi connectivity index (χ0v) is 16.6. The number of nitro groups is 1. The number of hydrogen-bond acceptors (Lipinski definition) is 6. The quantitative estimate of drug-likeness (QED) is 0.420. The first-order valence-corrected chi connectivity index (χ1v) is 9.53. The molecule has 1 heterocycles. The first-order valence-electron chi connectivity index (χ1n) is 9.15. The van der Waals surface area contributed by atoms with Crippen LogP contribution >= 0.6 is 11.6 Å². The van der Waals surface area contributed by atoms with Crippen LogP contribution in [0.2, 0.25) is 5.02 Å². The van der Waals surface area contributed by atoms with Crippen LogP contribution in [0.15, 0.2) is 42.5 Å². The van der Waals surface area contributed by atoms with Crippen molar-refractivity contribution in [2.24, 2.45) is 0 Å². The Kier molecular flexibility index (Phi) is 6.33. The zero-order chi connectivity index (χ0) is 21.0. The van der Waals surface area contributed by atoms with Gasteiger partial charge in [0.1, 0.15) is 0 Å². The van der Waals surface area contributed by atoms with Crippen LogP contribution in [0.5, 0.6) is 0 Å². The lowest BCUT2D eigenvalue weighted by Crippen LogP contribution is -2.48. The highest BCUT2D eigenvalue weighted by Gasteiger charge is 2.25. The lowest BCUT2D eigenvalue weighted by atomic mass is 10.1. The van der Waals surface area contributed by atoms with Gasteiger partial charge in [-0.2, -0.15) is 0 Å². The van der Waals surface area contributed by atoms with Crippen LogP contribution in [-0.2, 0) is 4.74 Å². The molecule has 29 heavy (non-hydrogen) atoms. The largest absolute Gasteiger partial charge is 0.462 e. The third-order valence-electron chi connectivity index (χ3n) is 4.65. The molecule has 1 aliphatic rings. The molecule has 0 saturated carbocycles. The molecular formula is C20H20ClN3O5. The van der Waals surface area contributed by atoms with Crippen molar-refractivity contribution < 1.29 is 19.2 Å². The van der Waals surface area contributed by atoms with E-state index in [2.05, 4.69) is 4.90 Å². The fourth-order valence-corrected chi connectivity index (χ4v) is 3.30. The van der Waals surface area contributed by atoms with Crippen molar-refractivity contribution in [3.63, 3.8) is 0 Å². The Morgan fingerprint density at radius 2 is 1.69 bits per heavy atom. The number of anilines is 1. The van der Waals surface area contributed by atoms with E-state index in [-0.39, 0.29) is 29.3 Å². The predicted molar refractivity (Wildman–Crippen MR) is 109 cm³/mol. The number of carbonyl (C=O) groups is 2. The number of nitrogens with zero attached hydrogens (tertiary/aromatic N) is 3. The fourth-order valence-electron chi connectivity index (χ4n) is 3.17. The maximum atomic E-state index is 12.9. The van der Waals surface area contributed by atoms with Crippen LogP contribution < -0.4 is 4.90 Å². The SMILES string of the molecule is CCOC(=O)c1cc(C(=O)N2CCN(c3ccc(Cl)cc3)CC2)cc([N+](=O)[O-])c1. The van der Waals surface area contributed by atoms with Crippen LogP contribution in [0.3, 0.4) is 0 Å². The smallest absolute Gasteiger partial charge is 0.338 e. The Bertz CT molecular complexity index is 924. The molecule has 0 unspecified atom stereocenters. The molecule has 152 valence electrons. The second kappa shape index (κ2) is 8.91. The van der Waals surface area contributed by atoms with E-state index >= 15 is 0 Å². The summed E-state index contributed by atoms with van der Waals surface area (Å²) in [5, 5.41) is 11.9. The topological polar surface area (TPSA) is 93.0 Å². The average molecular weight is 418 g/mol. The minimum absolute atomic E-state index is 0.01000. The number of esters is 1. The molecule has 0 aliphatic carbocycles. The summed E-state index contributed by atoms with van der Waals surface area (Å²) in [6.45, 7) is 3.93. The predicted octanol–water partition coefficient (Wildman–Crippen LogP) is 3.39. The van der Waals surface area contributed by atoms with E-state index < -0.39 is 10.9 Å². The van der Waals surface area contributed by atoms with Gasteiger partial charge < -0.3 is 14.5 Å². The number of nitro benzene ring substituents is 1. The van der Waals surface area contributed by atoms with Crippen molar-refractivity contribution >= 4 is 34.9 Å². The molecule has 1 amide bonds. The first kappa shape index (κ1) is 20.6. The van der Waals surface area contributed by atoms with Gasteiger partial charge in [0.25, 0.3) is 11.6 Å². The second-order valence-electron chi connectivity index (χ2n) is 6.50. The Hall–Kier alpha value is -3.13. The van der Waals surface area contributed by atoms with Crippen LogP contribution in [0.1, 0.15) is 27.6 Å². The molecular weight excluding hydrogens is 398 g/mol. The van der Waals surface area contributed by atoms with E-state index in [4.69, 9.17) is 16.3 Å². The molecule has 2 aromatic carbocycles. The number of rotatable bonds is 5. The van der Waals surface area contributed by atoms with Crippen molar-refractivity contribution in [2.45, 2.75) is 6.92 Å². The molecule has 8 nitrogen and oxygen atoms in total. The average Bonchev–Trinajstić information content (AvgIpc) is 2.73. The summed E-state index contributed by atoms with van der Waals surface area (Å²) in [7, 11) is 0. The summed E-state index contributed by atoms with van der Waals surface area (Å²) in [6.07, 6.45) is 0. The highest BCUT2D eigenvalue weighted by atomic mass is 35.5. The Morgan fingerprint density at radius 3 is 2.28 bits per heavy atom. The summed E-state index contributed by atoms with van der Waals surface area (Å²) in [5.74, 6) is -1.05. The van der Waals surface area contributed by atoms with Gasteiger partial charge in [0.2, 0.25) is 0 Å². The first-order chi connectivity index (χ1) is 13.9. The molecule has 0 atom stereocenters. The molecule has 0 bridgehead atoms. The third-order valence-corrected chi connectivity index (χ3v) is 4.90. The summed E-state index contributed by atoms with van der Waals surface area (Å²) >= 11 is 5.92. The molecule has 0 aromatic heterocycles. The summed E-state index contributed by atoms with van der Waals surface area (Å²) in [6, 6.07) is 11.1. The Labute approximate surface area is 172 Å². The van der Waals surface area contributed by atoms with E-state index in [9.17, 15) is 19.7 Å². The summed E-state index contributed by atoms with van der Waals surface area (Å²) in [4.78, 5) is 39.3. The molecule has 1 fully saturated rings. The Morgan fingerprint density at radius 1 is 1.07 bits per heavy atom. The fraction of sp³-hybridized carbons (Fsp3) is 0.300. The van der Waals surface area contributed by atoms with E-state index in [1.165, 1.54) is 12.1 Å². The monoisotopic (exact) mass is 417 g/mol. The van der Waals surface area contributed by atoms with E-state index in [1.807, 2.05) is 24.3 Å². The van der Waals surface area contributed by atoms with Crippen LogP contribution in [0, 0.1) is 10.1 Å². The van der Waals surface area contributed by atoms with Crippen LogP contribution in [0.4, 0.5) is 11.4 Å². The van der Waals surface area contributed by atoms with E-state index in [0.29, 0.717) is 31.2 Å². The Balaban J connectivity index is 1.75. The molecule has 9 heteroatoms. The molecule has 1 saturated heterocycles. The molecule has 1 aliphatic heterocycles. The minimum atomic E-state index is -0.696. The van der Waals surface area contributed by atoms with Gasteiger partial charge in [-0.1, -0.05) is 11.6 Å². The van der Waals surface area contributed by atoms with Crippen molar-refractivity contribution in [3.05, 3.63) is 68.7 Å². The summed E-state index contributed by atoms with van der Waals surface area (Å²) in [5.41, 5.74) is 0.784. The molecule has 2 aromatic rings. The van der Waals surface area contributed by atoms with Crippen molar-refractivity contribution in [3.8, 4) is 0 Å². The van der Waals surface area contributed by atoms with E-state index in [0.717, 1.165) is 11.8 Å². The number of non-ortho nitro benzene ring substituents is 1. The maximum absolute atomic E-state index is 12.9. The lowest BCUT2D eigenvalue weighted by molar-refractivity contribution is -0.384. The maximum Gasteiger partial charge on any atom is 0.338 e. The van der Waals surface area contributed by atoms with Gasteiger partial charge in [-0.05, 0) is 37.3 Å². The van der Waals surface area contributed by atoms with Gasteiger partial charge in [0.05, 0.1) is 17.1 Å². The van der Waals surface area contributed by atoms with Gasteiger partial charge in [0, 0.05) is 54.6 Å². The van der Waals surface area contributed by atoms with Gasteiger partial charge in [-0.3, -0.25) is 14.9 Å². The molecule has 0 radical (unpaired) electrons. The number of carbonyl (C=O) groups excluding carboxylic acids is 2. The number of ether oxygens (including phenoxy) is 1. The highest BCUT2D eigenvalue weighted by Crippen LogP contribution is 2.22. The molecule has 0 spiro atoms. The number of hydrogen-bond donors (Lipinski definition) is 0. The normalized spacial score (nSPS) is 13.9. The second-order valence-corrected chi connectivity index (χ2v) is 6.94. The van der Waals surface area contributed by atoms with E-state index in [1.54, 1.807) is 11.8 Å². The summed E-state index contributed by atoms with van der Waals surface area (Å²) < 4.78 is 4.91. The highest BCUT2D eigenvalue weighted by molar-refractivity contribution is 6.30.